The Morgan fingerprint density at radius 1 is 1.19 bits per heavy atom. The van der Waals surface area contributed by atoms with E-state index in [1.165, 1.54) is 32.1 Å². The largest absolute Gasteiger partial charge is 0.497 e. The molecule has 1 spiro atoms. The number of carbonyl (C=O) groups excluding carboxylic acids is 1. The molecule has 0 saturated heterocycles. The zero-order chi connectivity index (χ0) is 18.4. The monoisotopic (exact) mass is 360 g/mol. The Hall–Kier alpha value is -1.59. The van der Waals surface area contributed by atoms with Gasteiger partial charge in [-0.3, -0.25) is 4.79 Å². The molecule has 2 saturated carbocycles. The quantitative estimate of drug-likeness (QED) is 0.748. The van der Waals surface area contributed by atoms with Crippen LogP contribution in [0.2, 0.25) is 0 Å². The summed E-state index contributed by atoms with van der Waals surface area (Å²) in [5.74, 6) is 0.875. The first-order valence-electron chi connectivity index (χ1n) is 9.92. The van der Waals surface area contributed by atoms with E-state index in [0.29, 0.717) is 25.2 Å². The van der Waals surface area contributed by atoms with Crippen molar-refractivity contribution in [2.45, 2.75) is 64.1 Å². The maximum Gasteiger partial charge on any atom is 0.234 e. The zero-order valence-electron chi connectivity index (χ0n) is 16.1. The Morgan fingerprint density at radius 3 is 2.58 bits per heavy atom. The summed E-state index contributed by atoms with van der Waals surface area (Å²) in [7, 11) is 1.65. The fraction of sp³-hybridized carbons (Fsp3) is 0.667. The van der Waals surface area contributed by atoms with Crippen molar-refractivity contribution < 1.29 is 14.3 Å². The van der Waals surface area contributed by atoms with Gasteiger partial charge in [0.25, 0.3) is 0 Å². The molecule has 2 aliphatic carbocycles. The summed E-state index contributed by atoms with van der Waals surface area (Å²) in [6.45, 7) is 3.77. The summed E-state index contributed by atoms with van der Waals surface area (Å²) in [6, 6.07) is 8.18. The van der Waals surface area contributed by atoms with E-state index >= 15 is 0 Å². The van der Waals surface area contributed by atoms with Gasteiger partial charge in [-0.15, -0.1) is 0 Å². The standard InChI is InChI=1S/C21H32N2O3/c1-3-26-19-13-18(21(19)11-5-4-6-12-21)22-15-20(24)23-14-16-7-9-17(25-2)10-8-16/h7-10,18-19,22H,3-6,11-15H2,1-2H3,(H,23,24)/t18-,19+/m1/s1. The first-order chi connectivity index (χ1) is 12.7. The summed E-state index contributed by atoms with van der Waals surface area (Å²) in [6.07, 6.45) is 7.74. The van der Waals surface area contributed by atoms with Crippen LogP contribution in [0.1, 0.15) is 51.0 Å². The summed E-state index contributed by atoms with van der Waals surface area (Å²) in [5.41, 5.74) is 1.33. The van der Waals surface area contributed by atoms with Gasteiger partial charge >= 0.3 is 0 Å². The molecule has 0 heterocycles. The molecule has 26 heavy (non-hydrogen) atoms. The van der Waals surface area contributed by atoms with E-state index in [0.717, 1.165) is 24.3 Å². The number of amides is 1. The molecule has 144 valence electrons. The third-order valence-corrected chi connectivity index (χ3v) is 6.10. The predicted molar refractivity (Wildman–Crippen MR) is 102 cm³/mol. The van der Waals surface area contributed by atoms with Crippen LogP contribution in [0.25, 0.3) is 0 Å². The lowest BCUT2D eigenvalue weighted by molar-refractivity contribution is -0.151. The number of ether oxygens (including phenoxy) is 2. The highest BCUT2D eigenvalue weighted by Crippen LogP contribution is 2.53. The second-order valence-corrected chi connectivity index (χ2v) is 7.53. The summed E-state index contributed by atoms with van der Waals surface area (Å²) in [5, 5.41) is 6.50. The molecule has 2 aliphatic rings. The normalized spacial score (nSPS) is 24.1. The average Bonchev–Trinajstić information content (AvgIpc) is 2.69. The number of hydrogen-bond donors (Lipinski definition) is 2. The number of nitrogens with one attached hydrogen (secondary N) is 2. The molecule has 2 N–H and O–H groups in total. The predicted octanol–water partition coefficient (Wildman–Crippen LogP) is 3.03. The smallest absolute Gasteiger partial charge is 0.234 e. The van der Waals surface area contributed by atoms with Gasteiger partial charge in [-0.2, -0.15) is 0 Å². The van der Waals surface area contributed by atoms with Crippen molar-refractivity contribution in [1.29, 1.82) is 0 Å². The highest BCUT2D eigenvalue weighted by atomic mass is 16.5. The van der Waals surface area contributed by atoms with Crippen LogP contribution >= 0.6 is 0 Å². The first-order valence-corrected chi connectivity index (χ1v) is 9.92. The average molecular weight is 360 g/mol. The molecule has 0 radical (unpaired) electrons. The van der Waals surface area contributed by atoms with Crippen LogP contribution in [0, 0.1) is 5.41 Å². The molecule has 0 aromatic heterocycles. The van der Waals surface area contributed by atoms with Crippen molar-refractivity contribution in [3.8, 4) is 5.75 Å². The summed E-state index contributed by atoms with van der Waals surface area (Å²) >= 11 is 0. The molecule has 1 aromatic rings. The maximum absolute atomic E-state index is 12.2. The molecule has 2 atom stereocenters. The third kappa shape index (κ3) is 4.21. The van der Waals surface area contributed by atoms with Crippen LogP contribution in [0.15, 0.2) is 24.3 Å². The van der Waals surface area contributed by atoms with Gasteiger partial charge in [-0.1, -0.05) is 31.4 Å². The molecule has 0 bridgehead atoms. The van der Waals surface area contributed by atoms with Crippen molar-refractivity contribution in [3.63, 3.8) is 0 Å². The fourth-order valence-corrected chi connectivity index (χ4v) is 4.57. The Balaban J connectivity index is 1.44. The van der Waals surface area contributed by atoms with Crippen LogP contribution in [-0.4, -0.2) is 38.3 Å². The molecule has 0 aliphatic heterocycles. The molecule has 1 amide bonds. The molecule has 1 aromatic carbocycles. The van der Waals surface area contributed by atoms with Gasteiger partial charge in [0.05, 0.1) is 19.8 Å². The maximum atomic E-state index is 12.2. The highest BCUT2D eigenvalue weighted by Gasteiger charge is 2.55. The SMILES string of the molecule is CCO[C@H]1C[C@@H](NCC(=O)NCc2ccc(OC)cc2)C12CCCCC2. The number of methoxy groups -OCH3 is 1. The van der Waals surface area contributed by atoms with E-state index in [9.17, 15) is 4.79 Å². The van der Waals surface area contributed by atoms with Gasteiger partial charge in [0, 0.05) is 24.6 Å². The van der Waals surface area contributed by atoms with Crippen LogP contribution in [0.5, 0.6) is 5.75 Å². The molecular weight excluding hydrogens is 328 g/mol. The topological polar surface area (TPSA) is 59.6 Å². The number of benzene rings is 1. The van der Waals surface area contributed by atoms with Crippen LogP contribution in [0.4, 0.5) is 0 Å². The van der Waals surface area contributed by atoms with Gasteiger partial charge in [0.1, 0.15) is 5.75 Å². The van der Waals surface area contributed by atoms with Crippen molar-refractivity contribution >= 4 is 5.91 Å². The third-order valence-electron chi connectivity index (χ3n) is 6.10. The van der Waals surface area contributed by atoms with Gasteiger partial charge in [0.15, 0.2) is 0 Å². The van der Waals surface area contributed by atoms with Crippen molar-refractivity contribution in [3.05, 3.63) is 29.8 Å². The van der Waals surface area contributed by atoms with E-state index in [1.54, 1.807) is 7.11 Å². The Bertz CT molecular complexity index is 581. The summed E-state index contributed by atoms with van der Waals surface area (Å²) < 4.78 is 11.1. The first kappa shape index (κ1) is 19.2. The van der Waals surface area contributed by atoms with E-state index < -0.39 is 0 Å². The molecule has 5 nitrogen and oxygen atoms in total. The van der Waals surface area contributed by atoms with Crippen molar-refractivity contribution in [2.24, 2.45) is 5.41 Å². The molecule has 0 unspecified atom stereocenters. The molecule has 3 rings (SSSR count). The molecule has 5 heteroatoms. The van der Waals surface area contributed by atoms with E-state index in [2.05, 4.69) is 17.6 Å². The number of carbonyl (C=O) groups is 1. The Labute approximate surface area is 156 Å². The second-order valence-electron chi connectivity index (χ2n) is 7.53. The van der Waals surface area contributed by atoms with Gasteiger partial charge in [-0.05, 0) is 43.9 Å². The second kappa shape index (κ2) is 8.87. The van der Waals surface area contributed by atoms with Gasteiger partial charge in [-0.25, -0.2) is 0 Å². The van der Waals surface area contributed by atoms with Crippen LogP contribution in [0.3, 0.4) is 0 Å². The molecular formula is C21H32N2O3. The Morgan fingerprint density at radius 2 is 1.92 bits per heavy atom. The highest BCUT2D eigenvalue weighted by molar-refractivity contribution is 5.78. The lowest BCUT2D eigenvalue weighted by Gasteiger charge is -2.58. The van der Waals surface area contributed by atoms with Gasteiger partial charge < -0.3 is 20.1 Å². The minimum Gasteiger partial charge on any atom is -0.497 e. The number of hydrogen-bond acceptors (Lipinski definition) is 4. The Kier molecular flexibility index (Phi) is 6.54. The lowest BCUT2D eigenvalue weighted by Crippen LogP contribution is -2.65. The lowest BCUT2D eigenvalue weighted by atomic mass is 9.55. The van der Waals surface area contributed by atoms with E-state index in [1.807, 2.05) is 24.3 Å². The van der Waals surface area contributed by atoms with Crippen molar-refractivity contribution in [1.82, 2.24) is 10.6 Å². The molecule has 2 fully saturated rings. The summed E-state index contributed by atoms with van der Waals surface area (Å²) in [4.78, 5) is 12.2. The van der Waals surface area contributed by atoms with Crippen LogP contribution < -0.4 is 15.4 Å². The zero-order valence-corrected chi connectivity index (χ0v) is 16.1. The minimum atomic E-state index is 0.0478. The van der Waals surface area contributed by atoms with Crippen LogP contribution in [-0.2, 0) is 16.1 Å². The van der Waals surface area contributed by atoms with Gasteiger partial charge in [0.2, 0.25) is 5.91 Å². The van der Waals surface area contributed by atoms with Crippen molar-refractivity contribution in [2.75, 3.05) is 20.3 Å². The van der Waals surface area contributed by atoms with E-state index in [4.69, 9.17) is 9.47 Å². The van der Waals surface area contributed by atoms with E-state index in [-0.39, 0.29) is 11.3 Å². The fourth-order valence-electron chi connectivity index (χ4n) is 4.57. The minimum absolute atomic E-state index is 0.0478. The number of rotatable bonds is 8.